The summed E-state index contributed by atoms with van der Waals surface area (Å²) in [6.07, 6.45) is 7.75. The Labute approximate surface area is 145 Å². The average molecular weight is 332 g/mol. The minimum absolute atomic E-state index is 0.413. The number of nitrogens with zero attached hydrogens (tertiary/aromatic N) is 4. The van der Waals surface area contributed by atoms with Crippen LogP contribution >= 0.6 is 0 Å². The van der Waals surface area contributed by atoms with Gasteiger partial charge in [-0.3, -0.25) is 15.0 Å². The molecule has 0 bridgehead atoms. The quantitative estimate of drug-likeness (QED) is 0.718. The highest BCUT2D eigenvalue weighted by molar-refractivity contribution is 6.05. The second-order valence-electron chi connectivity index (χ2n) is 5.61. The van der Waals surface area contributed by atoms with Crippen LogP contribution in [0, 0.1) is 0 Å². The summed E-state index contributed by atoms with van der Waals surface area (Å²) in [7, 11) is 1.59. The van der Waals surface area contributed by atoms with E-state index in [0.29, 0.717) is 24.7 Å². The first kappa shape index (κ1) is 15.3. The molecule has 0 unspecified atom stereocenters. The second-order valence-corrected chi connectivity index (χ2v) is 5.61. The summed E-state index contributed by atoms with van der Waals surface area (Å²) in [4.78, 5) is 17.5. The van der Waals surface area contributed by atoms with Gasteiger partial charge in [-0.2, -0.15) is 0 Å². The number of pyridine rings is 3. The molecule has 1 aliphatic heterocycles. The summed E-state index contributed by atoms with van der Waals surface area (Å²) in [6.45, 7) is 0.413. The molecule has 0 spiro atoms. The zero-order valence-electron chi connectivity index (χ0n) is 13.7. The van der Waals surface area contributed by atoms with Crippen molar-refractivity contribution in [1.82, 2.24) is 15.0 Å². The Kier molecular flexibility index (Phi) is 4.08. The minimum Gasteiger partial charge on any atom is -0.487 e. The van der Waals surface area contributed by atoms with Gasteiger partial charge >= 0.3 is 0 Å². The molecule has 4 heterocycles. The smallest absolute Gasteiger partial charge is 0.212 e. The third-order valence-corrected chi connectivity index (χ3v) is 3.92. The monoisotopic (exact) mass is 332 g/mol. The van der Waals surface area contributed by atoms with Crippen molar-refractivity contribution in [2.45, 2.75) is 13.0 Å². The van der Waals surface area contributed by atoms with E-state index in [-0.39, 0.29) is 0 Å². The van der Waals surface area contributed by atoms with Gasteiger partial charge in [-0.15, -0.1) is 0 Å². The van der Waals surface area contributed by atoms with Crippen LogP contribution in [0.5, 0.6) is 11.6 Å². The van der Waals surface area contributed by atoms with Gasteiger partial charge in [-0.05, 0) is 12.1 Å². The molecule has 6 nitrogen and oxygen atoms in total. The molecule has 6 heteroatoms. The summed E-state index contributed by atoms with van der Waals surface area (Å²) < 4.78 is 10.9. The summed E-state index contributed by atoms with van der Waals surface area (Å²) >= 11 is 0. The Balaban J connectivity index is 1.47. The number of hydrogen-bond donors (Lipinski definition) is 0. The lowest BCUT2D eigenvalue weighted by molar-refractivity contribution is 0.304. The number of ether oxygens (including phenoxy) is 2. The molecule has 0 aliphatic carbocycles. The van der Waals surface area contributed by atoms with Gasteiger partial charge in [-0.25, -0.2) is 4.98 Å². The van der Waals surface area contributed by atoms with Crippen molar-refractivity contribution in [2.75, 3.05) is 7.11 Å². The van der Waals surface area contributed by atoms with Gasteiger partial charge in [0.2, 0.25) is 5.88 Å². The molecule has 3 aromatic rings. The van der Waals surface area contributed by atoms with Crippen molar-refractivity contribution in [3.8, 4) is 11.6 Å². The third kappa shape index (κ3) is 3.33. The van der Waals surface area contributed by atoms with Crippen LogP contribution in [-0.2, 0) is 13.0 Å². The fraction of sp³-hybridized carbons (Fsp3) is 0.158. The number of aromatic nitrogens is 3. The van der Waals surface area contributed by atoms with E-state index in [1.807, 2.05) is 36.5 Å². The van der Waals surface area contributed by atoms with Gasteiger partial charge in [0.1, 0.15) is 12.4 Å². The molecular weight excluding hydrogens is 316 g/mol. The molecule has 0 fully saturated rings. The lowest BCUT2D eigenvalue weighted by atomic mass is 10.1. The van der Waals surface area contributed by atoms with Crippen LogP contribution in [0.25, 0.3) is 0 Å². The third-order valence-electron chi connectivity index (χ3n) is 3.92. The van der Waals surface area contributed by atoms with Crippen molar-refractivity contribution in [3.63, 3.8) is 0 Å². The molecule has 0 amide bonds. The maximum atomic E-state index is 5.81. The number of hydrogen-bond acceptors (Lipinski definition) is 6. The summed E-state index contributed by atoms with van der Waals surface area (Å²) in [5.41, 5.74) is 4.77. The first-order valence-electron chi connectivity index (χ1n) is 7.90. The SMILES string of the molecule is COc1ccc(COc2cnc3c(c2)N=C(c2cccnc2)C3)cn1. The maximum Gasteiger partial charge on any atom is 0.212 e. The highest BCUT2D eigenvalue weighted by Crippen LogP contribution is 2.30. The van der Waals surface area contributed by atoms with Crippen LogP contribution in [0.1, 0.15) is 16.8 Å². The molecule has 1 aliphatic rings. The molecule has 0 aromatic carbocycles. The van der Waals surface area contributed by atoms with Gasteiger partial charge in [0.15, 0.2) is 0 Å². The highest BCUT2D eigenvalue weighted by atomic mass is 16.5. The normalized spacial score (nSPS) is 12.4. The van der Waals surface area contributed by atoms with Gasteiger partial charge in [-0.1, -0.05) is 6.07 Å². The molecular formula is C19H16N4O2. The van der Waals surface area contributed by atoms with E-state index in [2.05, 4.69) is 19.9 Å². The molecule has 25 heavy (non-hydrogen) atoms. The van der Waals surface area contributed by atoms with E-state index < -0.39 is 0 Å². The van der Waals surface area contributed by atoms with Crippen molar-refractivity contribution >= 4 is 11.4 Å². The van der Waals surface area contributed by atoms with Crippen molar-refractivity contribution in [2.24, 2.45) is 4.99 Å². The fourth-order valence-electron chi connectivity index (χ4n) is 2.60. The van der Waals surface area contributed by atoms with Crippen LogP contribution in [0.2, 0.25) is 0 Å². The Bertz CT molecular complexity index is 908. The average Bonchev–Trinajstić information content (AvgIpc) is 3.11. The highest BCUT2D eigenvalue weighted by Gasteiger charge is 2.18. The largest absolute Gasteiger partial charge is 0.487 e. The van der Waals surface area contributed by atoms with Crippen molar-refractivity contribution in [1.29, 1.82) is 0 Å². The Morgan fingerprint density at radius 2 is 2.04 bits per heavy atom. The van der Waals surface area contributed by atoms with Gasteiger partial charge in [0, 0.05) is 48.3 Å². The van der Waals surface area contributed by atoms with E-state index in [1.54, 1.807) is 25.7 Å². The fourth-order valence-corrected chi connectivity index (χ4v) is 2.60. The molecule has 124 valence electrons. The van der Waals surface area contributed by atoms with Crippen LogP contribution < -0.4 is 9.47 Å². The molecule has 0 N–H and O–H groups in total. The Hall–Kier alpha value is -3.28. The topological polar surface area (TPSA) is 69.5 Å². The maximum absolute atomic E-state index is 5.81. The predicted octanol–water partition coefficient (Wildman–Crippen LogP) is 3.14. The molecule has 0 atom stereocenters. The van der Waals surface area contributed by atoms with E-state index in [4.69, 9.17) is 9.47 Å². The van der Waals surface area contributed by atoms with E-state index in [1.165, 1.54) is 0 Å². The summed E-state index contributed by atoms with van der Waals surface area (Å²) in [5.74, 6) is 1.27. The second kappa shape index (κ2) is 6.68. The molecule has 0 radical (unpaired) electrons. The van der Waals surface area contributed by atoms with E-state index >= 15 is 0 Å². The van der Waals surface area contributed by atoms with Gasteiger partial charge in [0.05, 0.1) is 30.4 Å². The van der Waals surface area contributed by atoms with Crippen LogP contribution in [0.4, 0.5) is 5.69 Å². The predicted molar refractivity (Wildman–Crippen MR) is 93.5 cm³/mol. The Morgan fingerprint density at radius 1 is 1.08 bits per heavy atom. The van der Waals surface area contributed by atoms with Gasteiger partial charge in [0.25, 0.3) is 0 Å². The lowest BCUT2D eigenvalue weighted by Crippen LogP contribution is -2.01. The van der Waals surface area contributed by atoms with E-state index in [0.717, 1.165) is 28.2 Å². The minimum atomic E-state index is 0.413. The first-order chi connectivity index (χ1) is 12.3. The summed E-state index contributed by atoms with van der Waals surface area (Å²) in [6, 6.07) is 9.57. The van der Waals surface area contributed by atoms with Gasteiger partial charge < -0.3 is 9.47 Å². The number of aliphatic imine (C=N–C) groups is 1. The van der Waals surface area contributed by atoms with Crippen LogP contribution in [0.3, 0.4) is 0 Å². The zero-order valence-corrected chi connectivity index (χ0v) is 13.7. The number of methoxy groups -OCH3 is 1. The summed E-state index contributed by atoms with van der Waals surface area (Å²) in [5, 5.41) is 0. The van der Waals surface area contributed by atoms with Crippen LogP contribution in [-0.4, -0.2) is 27.8 Å². The number of fused-ring (bicyclic) bond motifs is 1. The van der Waals surface area contributed by atoms with E-state index in [9.17, 15) is 0 Å². The molecule has 3 aromatic heterocycles. The lowest BCUT2D eigenvalue weighted by Gasteiger charge is -2.07. The Morgan fingerprint density at radius 3 is 2.80 bits per heavy atom. The zero-order chi connectivity index (χ0) is 17.1. The standard InChI is InChI=1S/C19H16N4O2/c1-24-19-5-4-13(9-22-19)12-25-15-7-18-17(21-11-15)8-16(23-18)14-3-2-6-20-10-14/h2-7,9-11H,8,12H2,1H3. The number of rotatable bonds is 5. The molecule has 4 rings (SSSR count). The van der Waals surface area contributed by atoms with Crippen molar-refractivity contribution < 1.29 is 9.47 Å². The molecule has 0 saturated heterocycles. The molecule has 0 saturated carbocycles. The van der Waals surface area contributed by atoms with Crippen LogP contribution in [0.15, 0.2) is 60.1 Å². The van der Waals surface area contributed by atoms with Crippen molar-refractivity contribution in [3.05, 3.63) is 71.9 Å². The first-order valence-corrected chi connectivity index (χ1v) is 7.90.